The Hall–Kier alpha value is -2.49. The van der Waals surface area contributed by atoms with E-state index in [1.54, 1.807) is 36.4 Å². The van der Waals surface area contributed by atoms with Crippen molar-refractivity contribution in [3.63, 3.8) is 0 Å². The Labute approximate surface area is 104 Å². The molecule has 0 spiro atoms. The fourth-order valence-electron chi connectivity index (χ4n) is 1.53. The molecule has 2 rings (SSSR count). The summed E-state index contributed by atoms with van der Waals surface area (Å²) < 4.78 is 10.4. The zero-order chi connectivity index (χ0) is 13.0. The molecule has 1 aliphatic carbocycles. The smallest absolute Gasteiger partial charge is 0.289 e. The first kappa shape index (κ1) is 12.0. The van der Waals surface area contributed by atoms with E-state index in [1.807, 2.05) is 0 Å². The summed E-state index contributed by atoms with van der Waals surface area (Å²) >= 11 is 0. The Bertz CT molecular complexity index is 539. The summed E-state index contributed by atoms with van der Waals surface area (Å²) in [6, 6.07) is 4.72. The summed E-state index contributed by atoms with van der Waals surface area (Å²) in [4.78, 5) is 10.7. The lowest BCUT2D eigenvalue weighted by molar-refractivity contribution is 0.112. The highest BCUT2D eigenvalue weighted by Crippen LogP contribution is 2.29. The molecule has 0 amide bonds. The predicted octanol–water partition coefficient (Wildman–Crippen LogP) is 2.78. The number of aldehydes is 1. The van der Waals surface area contributed by atoms with Crippen molar-refractivity contribution >= 4 is 6.29 Å². The zero-order valence-electron chi connectivity index (χ0n) is 9.79. The topological polar surface area (TPSA) is 55.8 Å². The van der Waals surface area contributed by atoms with Gasteiger partial charge < -0.3 is 14.6 Å². The number of ether oxygens (including phenoxy) is 2. The quantitative estimate of drug-likeness (QED) is 0.653. The van der Waals surface area contributed by atoms with Crippen LogP contribution in [0, 0.1) is 0 Å². The highest BCUT2D eigenvalue weighted by Gasteiger charge is 2.10. The van der Waals surface area contributed by atoms with E-state index in [-0.39, 0.29) is 5.95 Å². The third-order valence-electron chi connectivity index (χ3n) is 2.44. The van der Waals surface area contributed by atoms with Crippen LogP contribution in [0.1, 0.15) is 10.4 Å². The molecule has 0 radical (unpaired) electrons. The lowest BCUT2D eigenvalue weighted by atomic mass is 10.2. The van der Waals surface area contributed by atoms with Crippen LogP contribution in [0.15, 0.2) is 54.0 Å². The molecule has 0 fully saturated rings. The molecule has 0 saturated heterocycles. The maximum atomic E-state index is 10.7. The van der Waals surface area contributed by atoms with E-state index in [0.717, 1.165) is 0 Å². The van der Waals surface area contributed by atoms with E-state index < -0.39 is 0 Å². The van der Waals surface area contributed by atoms with Gasteiger partial charge in [-0.25, -0.2) is 0 Å². The summed E-state index contributed by atoms with van der Waals surface area (Å²) in [5.74, 6) is 0.501. The molecular weight excluding hydrogens is 232 g/mol. The van der Waals surface area contributed by atoms with Gasteiger partial charge >= 0.3 is 0 Å². The number of aliphatic hydroxyl groups is 1. The van der Waals surface area contributed by atoms with Crippen LogP contribution in [0.4, 0.5) is 0 Å². The number of benzene rings is 1. The van der Waals surface area contributed by atoms with Gasteiger partial charge in [-0.2, -0.15) is 0 Å². The van der Waals surface area contributed by atoms with E-state index in [2.05, 4.69) is 0 Å². The Morgan fingerprint density at radius 1 is 1.22 bits per heavy atom. The Morgan fingerprint density at radius 3 is 2.56 bits per heavy atom. The summed E-state index contributed by atoms with van der Waals surface area (Å²) in [6.45, 7) is 0. The van der Waals surface area contributed by atoms with Crippen molar-refractivity contribution in [3.05, 3.63) is 59.6 Å². The molecule has 0 unspecified atom stereocenters. The summed E-state index contributed by atoms with van der Waals surface area (Å²) in [7, 11) is 1.49. The maximum Gasteiger partial charge on any atom is 0.289 e. The van der Waals surface area contributed by atoms with Crippen LogP contribution >= 0.6 is 0 Å². The number of aliphatic hydroxyl groups excluding tert-OH is 1. The summed E-state index contributed by atoms with van der Waals surface area (Å²) in [6.07, 6.45) is 7.70. The first-order valence-electron chi connectivity index (χ1n) is 5.33. The lowest BCUT2D eigenvalue weighted by Gasteiger charge is -2.10. The molecule has 4 heteroatoms. The van der Waals surface area contributed by atoms with Crippen LogP contribution in [0.25, 0.3) is 0 Å². The van der Waals surface area contributed by atoms with Gasteiger partial charge in [-0.15, -0.1) is 0 Å². The van der Waals surface area contributed by atoms with Gasteiger partial charge in [0.25, 0.3) is 5.95 Å². The molecule has 4 nitrogen and oxygen atoms in total. The van der Waals surface area contributed by atoms with E-state index in [4.69, 9.17) is 9.47 Å². The number of hydrogen-bond acceptors (Lipinski definition) is 4. The predicted molar refractivity (Wildman–Crippen MR) is 66.9 cm³/mol. The number of carbonyl (C=O) groups is 1. The van der Waals surface area contributed by atoms with Crippen molar-refractivity contribution in [2.75, 3.05) is 7.11 Å². The van der Waals surface area contributed by atoms with Crippen molar-refractivity contribution in [2.24, 2.45) is 0 Å². The largest absolute Gasteiger partial charge is 0.493 e. The second-order valence-electron chi connectivity index (χ2n) is 3.61. The summed E-state index contributed by atoms with van der Waals surface area (Å²) in [5, 5.41) is 9.80. The monoisotopic (exact) mass is 244 g/mol. The SMILES string of the molecule is COc1ccc(C=O)cc1OC(O)=C1C=CC=C1. The van der Waals surface area contributed by atoms with E-state index in [0.29, 0.717) is 28.9 Å². The van der Waals surface area contributed by atoms with E-state index in [1.165, 1.54) is 13.2 Å². The van der Waals surface area contributed by atoms with Crippen LogP contribution in [0.5, 0.6) is 11.5 Å². The van der Waals surface area contributed by atoms with E-state index >= 15 is 0 Å². The minimum atomic E-state index is -0.235. The molecule has 1 N–H and O–H groups in total. The molecule has 0 bridgehead atoms. The van der Waals surface area contributed by atoms with Gasteiger partial charge in [-0.05, 0) is 30.4 Å². The van der Waals surface area contributed by atoms with Gasteiger partial charge in [0.2, 0.25) is 0 Å². The average molecular weight is 244 g/mol. The van der Waals surface area contributed by atoms with E-state index in [9.17, 15) is 9.90 Å². The Morgan fingerprint density at radius 2 is 1.94 bits per heavy atom. The number of allylic oxidation sites excluding steroid dienone is 5. The number of carbonyl (C=O) groups excluding carboxylic acids is 1. The van der Waals surface area contributed by atoms with Crippen LogP contribution < -0.4 is 9.47 Å². The van der Waals surface area contributed by atoms with Crippen molar-refractivity contribution in [2.45, 2.75) is 0 Å². The first-order valence-corrected chi connectivity index (χ1v) is 5.33. The third kappa shape index (κ3) is 2.43. The number of rotatable bonds is 4. The second kappa shape index (κ2) is 5.23. The number of methoxy groups -OCH3 is 1. The van der Waals surface area contributed by atoms with Crippen LogP contribution in [0.2, 0.25) is 0 Å². The molecule has 18 heavy (non-hydrogen) atoms. The van der Waals surface area contributed by atoms with Crippen molar-refractivity contribution in [1.29, 1.82) is 0 Å². The maximum absolute atomic E-state index is 10.7. The van der Waals surface area contributed by atoms with Gasteiger partial charge in [0.1, 0.15) is 6.29 Å². The normalized spacial score (nSPS) is 12.6. The van der Waals surface area contributed by atoms with Crippen molar-refractivity contribution < 1.29 is 19.4 Å². The third-order valence-corrected chi connectivity index (χ3v) is 2.44. The lowest BCUT2D eigenvalue weighted by Crippen LogP contribution is -1.99. The second-order valence-corrected chi connectivity index (χ2v) is 3.61. The van der Waals surface area contributed by atoms with Crippen molar-refractivity contribution in [1.82, 2.24) is 0 Å². The Balaban J connectivity index is 2.32. The molecule has 0 saturated carbocycles. The van der Waals surface area contributed by atoms with Gasteiger partial charge in [0.15, 0.2) is 11.5 Å². The molecule has 1 aromatic carbocycles. The molecule has 1 aliphatic rings. The van der Waals surface area contributed by atoms with Gasteiger partial charge in [-0.1, -0.05) is 12.2 Å². The standard InChI is InChI=1S/C14H12O4/c1-17-12-7-6-10(9-15)8-13(12)18-14(16)11-4-2-3-5-11/h2-9,16H,1H3. The van der Waals surface area contributed by atoms with Crippen LogP contribution in [-0.4, -0.2) is 18.5 Å². The fourth-order valence-corrected chi connectivity index (χ4v) is 1.53. The first-order chi connectivity index (χ1) is 8.74. The van der Waals surface area contributed by atoms with Gasteiger partial charge in [0, 0.05) is 5.56 Å². The highest BCUT2D eigenvalue weighted by molar-refractivity contribution is 5.76. The zero-order valence-corrected chi connectivity index (χ0v) is 9.79. The van der Waals surface area contributed by atoms with Gasteiger partial charge in [-0.3, -0.25) is 4.79 Å². The fraction of sp³-hybridized carbons (Fsp3) is 0.0714. The Kier molecular flexibility index (Phi) is 3.48. The highest BCUT2D eigenvalue weighted by atomic mass is 16.6. The van der Waals surface area contributed by atoms with Crippen molar-refractivity contribution in [3.8, 4) is 11.5 Å². The molecule has 0 heterocycles. The van der Waals surface area contributed by atoms with Crippen LogP contribution in [-0.2, 0) is 0 Å². The van der Waals surface area contributed by atoms with Gasteiger partial charge in [0.05, 0.1) is 12.7 Å². The molecular formula is C14H12O4. The molecule has 92 valence electrons. The summed E-state index contributed by atoms with van der Waals surface area (Å²) in [5.41, 5.74) is 1.01. The minimum Gasteiger partial charge on any atom is -0.493 e. The molecule has 1 aromatic rings. The van der Waals surface area contributed by atoms with Crippen LogP contribution in [0.3, 0.4) is 0 Å². The molecule has 0 aromatic heterocycles. The molecule has 0 atom stereocenters. The minimum absolute atomic E-state index is 0.235. The number of hydrogen-bond donors (Lipinski definition) is 1. The molecule has 0 aliphatic heterocycles. The average Bonchev–Trinajstić information content (AvgIpc) is 2.92.